The summed E-state index contributed by atoms with van der Waals surface area (Å²) in [5.41, 5.74) is -0.191. The molecule has 15 heteroatoms. The Kier molecular flexibility index (Phi) is 6.17. The summed E-state index contributed by atoms with van der Waals surface area (Å²) in [6.07, 6.45) is -1.02. The normalized spacial score (nSPS) is 21.3. The van der Waals surface area contributed by atoms with Crippen LogP contribution in [0.5, 0.6) is 0 Å². The van der Waals surface area contributed by atoms with Crippen molar-refractivity contribution in [2.24, 2.45) is 5.16 Å². The van der Waals surface area contributed by atoms with Crippen LogP contribution in [0.15, 0.2) is 10.5 Å². The van der Waals surface area contributed by atoms with Gasteiger partial charge in [0.05, 0.1) is 0 Å². The van der Waals surface area contributed by atoms with Crippen molar-refractivity contribution in [2.75, 3.05) is 31.9 Å². The van der Waals surface area contributed by atoms with Gasteiger partial charge >= 0.3 is 6.03 Å². The first-order valence-corrected chi connectivity index (χ1v) is 9.79. The number of halogens is 1. The van der Waals surface area contributed by atoms with Gasteiger partial charge in [0.1, 0.15) is 37.4 Å². The molecule has 0 saturated carbocycles. The molecule has 2 aliphatic rings. The number of carbonyl (C=O) groups excluding carboxylic acids is 5. The minimum Gasteiger partial charge on any atom is -0.398 e. The van der Waals surface area contributed by atoms with E-state index in [1.165, 1.54) is 24.4 Å². The Morgan fingerprint density at radius 3 is 2.73 bits per heavy atom. The number of oxime groups is 1. The van der Waals surface area contributed by atoms with Gasteiger partial charge in [-0.3, -0.25) is 19.2 Å². The fraction of sp³-hybridized carbons (Fsp3) is 0.400. The Bertz CT molecular complexity index is 950. The maximum atomic E-state index is 12.7. The molecule has 2 saturated heterocycles. The molecule has 6 amide bonds. The first-order valence-electron chi connectivity index (χ1n) is 8.38. The lowest BCUT2D eigenvalue weighted by Crippen LogP contribution is -2.75. The van der Waals surface area contributed by atoms with E-state index >= 15 is 0 Å². The minimum atomic E-state index is -1.17. The Balaban J connectivity index is 1.74. The first kappa shape index (κ1) is 21.4. The van der Waals surface area contributed by atoms with Crippen LogP contribution in [-0.4, -0.2) is 88.9 Å². The van der Waals surface area contributed by atoms with Gasteiger partial charge < -0.3 is 25.7 Å². The van der Waals surface area contributed by atoms with Crippen LogP contribution in [0.2, 0.25) is 0 Å². The standard InChI is InChI=1S/C15H16ClN7O6S/c1-22-4-8(25)23(15(22)28)11-10(13(27)20-11)19-12(26)9(21-29-2)6-5-30-14(17-6)18-7(24)3-16/h5,10-11H,3-4H2,1-2H3,(H,19,26)(H,20,27)(H,17,18,24)/b21-9-/t10-,11-/m0/s1. The van der Waals surface area contributed by atoms with Gasteiger partial charge in [0.15, 0.2) is 10.8 Å². The Labute approximate surface area is 178 Å². The summed E-state index contributed by atoms with van der Waals surface area (Å²) in [4.78, 5) is 71.0. The molecular weight excluding hydrogens is 442 g/mol. The van der Waals surface area contributed by atoms with E-state index in [4.69, 9.17) is 11.6 Å². The summed E-state index contributed by atoms with van der Waals surface area (Å²) in [7, 11) is 2.66. The van der Waals surface area contributed by atoms with E-state index in [-0.39, 0.29) is 29.0 Å². The lowest BCUT2D eigenvalue weighted by molar-refractivity contribution is -0.143. The molecule has 0 spiro atoms. The number of alkyl halides is 1. The van der Waals surface area contributed by atoms with Crippen molar-refractivity contribution in [3.05, 3.63) is 11.1 Å². The van der Waals surface area contributed by atoms with Crippen LogP contribution in [0.25, 0.3) is 0 Å². The number of hydrogen-bond acceptors (Lipinski definition) is 9. The summed E-state index contributed by atoms with van der Waals surface area (Å²) < 4.78 is 0. The molecule has 0 unspecified atom stereocenters. The molecule has 1 aromatic rings. The van der Waals surface area contributed by atoms with Crippen molar-refractivity contribution in [2.45, 2.75) is 12.2 Å². The van der Waals surface area contributed by atoms with Crippen LogP contribution in [0.3, 0.4) is 0 Å². The topological polar surface area (TPSA) is 162 Å². The molecule has 0 bridgehead atoms. The van der Waals surface area contributed by atoms with Crippen molar-refractivity contribution in [1.29, 1.82) is 0 Å². The van der Waals surface area contributed by atoms with Gasteiger partial charge in [-0.05, 0) is 0 Å². The van der Waals surface area contributed by atoms with Gasteiger partial charge in [-0.2, -0.15) is 0 Å². The van der Waals surface area contributed by atoms with Crippen molar-refractivity contribution in [3.8, 4) is 0 Å². The number of urea groups is 1. The van der Waals surface area contributed by atoms with Crippen LogP contribution in [-0.2, 0) is 24.0 Å². The number of likely N-dealkylation sites (N-methyl/N-ethyl adjacent to an activating group) is 1. The first-order chi connectivity index (χ1) is 14.3. The minimum absolute atomic E-state index is 0.0774. The highest BCUT2D eigenvalue weighted by Gasteiger charge is 2.51. The average Bonchev–Trinajstić information content (AvgIpc) is 3.26. The third-order valence-corrected chi connectivity index (χ3v) is 5.14. The van der Waals surface area contributed by atoms with E-state index in [2.05, 4.69) is 30.9 Å². The number of imide groups is 1. The average molecular weight is 458 g/mol. The molecule has 2 aliphatic heterocycles. The van der Waals surface area contributed by atoms with Gasteiger partial charge in [0.2, 0.25) is 11.8 Å². The number of carbonyl (C=O) groups is 5. The largest absolute Gasteiger partial charge is 0.398 e. The number of nitrogens with one attached hydrogen (secondary N) is 3. The SMILES string of the molecule is CO/N=C(\C(=O)N[C@@H]1C(=O)N[C@H]1N1C(=O)CN(C)C1=O)c1csc(NC(=O)CCl)n1. The third-order valence-electron chi connectivity index (χ3n) is 4.14. The van der Waals surface area contributed by atoms with E-state index in [1.807, 2.05) is 0 Å². The second-order valence-electron chi connectivity index (χ2n) is 6.15. The van der Waals surface area contributed by atoms with Crippen LogP contribution < -0.4 is 16.0 Å². The van der Waals surface area contributed by atoms with E-state index in [9.17, 15) is 24.0 Å². The van der Waals surface area contributed by atoms with Crippen molar-refractivity contribution < 1.29 is 28.8 Å². The predicted molar refractivity (Wildman–Crippen MR) is 104 cm³/mol. The zero-order chi connectivity index (χ0) is 22.0. The van der Waals surface area contributed by atoms with Gasteiger partial charge in [-0.15, -0.1) is 22.9 Å². The number of hydrogen-bond donors (Lipinski definition) is 3. The van der Waals surface area contributed by atoms with E-state index in [0.717, 1.165) is 16.2 Å². The second-order valence-corrected chi connectivity index (χ2v) is 7.27. The van der Waals surface area contributed by atoms with Crippen molar-refractivity contribution >= 4 is 63.4 Å². The molecule has 160 valence electrons. The highest BCUT2D eigenvalue weighted by Crippen LogP contribution is 2.20. The number of nitrogens with zero attached hydrogens (tertiary/aromatic N) is 4. The maximum Gasteiger partial charge on any atom is 0.328 e. The number of aromatic nitrogens is 1. The Morgan fingerprint density at radius 1 is 1.43 bits per heavy atom. The molecule has 1 aromatic heterocycles. The third kappa shape index (κ3) is 4.04. The second kappa shape index (κ2) is 8.62. The lowest BCUT2D eigenvalue weighted by atomic mass is 10.0. The number of anilines is 1. The van der Waals surface area contributed by atoms with Gasteiger partial charge in [0, 0.05) is 12.4 Å². The van der Waals surface area contributed by atoms with Crippen LogP contribution in [0, 0.1) is 0 Å². The number of β-lactam (4-membered cyclic amide) rings is 1. The number of amides is 6. The molecule has 30 heavy (non-hydrogen) atoms. The fourth-order valence-corrected chi connectivity index (χ4v) is 3.51. The van der Waals surface area contributed by atoms with E-state index in [0.29, 0.717) is 0 Å². The predicted octanol–water partition coefficient (Wildman–Crippen LogP) is -1.49. The van der Waals surface area contributed by atoms with Gasteiger partial charge in [0.25, 0.3) is 11.8 Å². The Morgan fingerprint density at radius 2 is 2.17 bits per heavy atom. The molecular formula is C15H16ClN7O6S. The summed E-state index contributed by atoms with van der Waals surface area (Å²) >= 11 is 6.45. The van der Waals surface area contributed by atoms with Gasteiger partial charge in [-0.25, -0.2) is 14.7 Å². The quantitative estimate of drug-likeness (QED) is 0.147. The molecule has 2 atom stereocenters. The molecule has 0 radical (unpaired) electrons. The summed E-state index contributed by atoms with van der Waals surface area (Å²) in [5, 5.41) is 12.5. The summed E-state index contributed by atoms with van der Waals surface area (Å²) in [5.74, 6) is -2.65. The molecule has 3 heterocycles. The van der Waals surface area contributed by atoms with Crippen molar-refractivity contribution in [3.63, 3.8) is 0 Å². The van der Waals surface area contributed by atoms with E-state index in [1.54, 1.807) is 0 Å². The molecule has 2 fully saturated rings. The molecule has 13 nitrogen and oxygen atoms in total. The smallest absolute Gasteiger partial charge is 0.328 e. The highest BCUT2D eigenvalue weighted by atomic mass is 35.5. The Hall–Kier alpha value is -3.26. The monoisotopic (exact) mass is 457 g/mol. The van der Waals surface area contributed by atoms with E-state index < -0.39 is 41.9 Å². The maximum absolute atomic E-state index is 12.7. The number of thiazole rings is 1. The summed E-state index contributed by atoms with van der Waals surface area (Å²) in [6.45, 7) is -0.127. The lowest BCUT2D eigenvalue weighted by Gasteiger charge is -2.40. The van der Waals surface area contributed by atoms with Gasteiger partial charge in [-0.1, -0.05) is 5.16 Å². The summed E-state index contributed by atoms with van der Waals surface area (Å²) in [6, 6.07) is -1.76. The fourth-order valence-electron chi connectivity index (χ4n) is 2.73. The zero-order valence-electron chi connectivity index (χ0n) is 15.7. The molecule has 0 aliphatic carbocycles. The van der Waals surface area contributed by atoms with Crippen LogP contribution in [0.4, 0.5) is 9.93 Å². The number of rotatable bonds is 7. The highest BCUT2D eigenvalue weighted by molar-refractivity contribution is 7.14. The molecule has 0 aromatic carbocycles. The molecule has 3 rings (SSSR count). The van der Waals surface area contributed by atoms with Crippen LogP contribution >= 0.6 is 22.9 Å². The zero-order valence-corrected chi connectivity index (χ0v) is 17.2. The van der Waals surface area contributed by atoms with Crippen LogP contribution in [0.1, 0.15) is 5.69 Å². The molecule has 3 N–H and O–H groups in total. The van der Waals surface area contributed by atoms with Crippen molar-refractivity contribution in [1.82, 2.24) is 25.4 Å².